The molecule has 0 saturated carbocycles. The third kappa shape index (κ3) is 6.46. The van der Waals surface area contributed by atoms with Gasteiger partial charge < -0.3 is 18.6 Å². The molecule has 0 aliphatic heterocycles. The van der Waals surface area contributed by atoms with Crippen molar-refractivity contribution < 1.29 is 17.6 Å². The quantitative estimate of drug-likeness (QED) is 0.152. The van der Waals surface area contributed by atoms with Crippen LogP contribution >= 0.6 is 0 Å². The zero-order valence-electron chi connectivity index (χ0n) is 40.2. The van der Waals surface area contributed by atoms with Crippen LogP contribution in [0.25, 0.3) is 76.5 Å². The van der Waals surface area contributed by atoms with Gasteiger partial charge in [-0.25, -0.2) is 8.78 Å². The van der Waals surface area contributed by atoms with Crippen LogP contribution < -0.4 is 9.80 Å². The Hall–Kier alpha value is -9.78. The van der Waals surface area contributed by atoms with E-state index in [1.165, 1.54) is 35.4 Å². The molecule has 12 aromatic carbocycles. The average Bonchev–Trinajstić information content (AvgIpc) is 4.15. The summed E-state index contributed by atoms with van der Waals surface area (Å²) in [6, 6.07) is 86.3. The first-order valence-electron chi connectivity index (χ1n) is 25.2. The van der Waals surface area contributed by atoms with Crippen molar-refractivity contribution in [1.82, 2.24) is 0 Å². The highest BCUT2D eigenvalue weighted by Crippen LogP contribution is 2.60. The molecule has 0 fully saturated rings. The number of para-hydroxylation sites is 4. The number of benzene rings is 12. The first kappa shape index (κ1) is 42.9. The van der Waals surface area contributed by atoms with E-state index in [0.717, 1.165) is 122 Å². The van der Waals surface area contributed by atoms with Crippen LogP contribution in [0.3, 0.4) is 0 Å². The number of nitrogens with zero attached hydrogens (tertiary/aromatic N) is 2. The maximum absolute atomic E-state index is 14.7. The van der Waals surface area contributed by atoms with Crippen LogP contribution in [0.5, 0.6) is 0 Å². The molecular formula is C69H42F2N2O2. The number of halogens is 2. The van der Waals surface area contributed by atoms with Gasteiger partial charge in [0, 0.05) is 44.3 Å². The minimum absolute atomic E-state index is 0.304. The van der Waals surface area contributed by atoms with Crippen LogP contribution in [-0.2, 0) is 5.41 Å². The fraction of sp³-hybridized carbons (Fsp3) is 0.0145. The Morgan fingerprint density at radius 3 is 1.13 bits per heavy atom. The molecule has 1 aliphatic rings. The van der Waals surface area contributed by atoms with Crippen LogP contribution in [0.2, 0.25) is 0 Å². The van der Waals surface area contributed by atoms with E-state index < -0.39 is 5.41 Å². The van der Waals surface area contributed by atoms with E-state index in [4.69, 9.17) is 8.83 Å². The highest BCUT2D eigenvalue weighted by Gasteiger charge is 2.48. The Balaban J connectivity index is 0.959. The smallest absolute Gasteiger partial charge is 0.159 e. The molecule has 6 heteroatoms. The van der Waals surface area contributed by atoms with Gasteiger partial charge >= 0.3 is 0 Å². The fourth-order valence-electron chi connectivity index (χ4n) is 12.3. The van der Waals surface area contributed by atoms with E-state index in [1.807, 2.05) is 60.7 Å². The molecule has 0 saturated heterocycles. The molecule has 2 aromatic heterocycles. The van der Waals surface area contributed by atoms with E-state index in [1.54, 1.807) is 0 Å². The minimum Gasteiger partial charge on any atom is -0.454 e. The van der Waals surface area contributed by atoms with Gasteiger partial charge in [-0.1, -0.05) is 158 Å². The Kier molecular flexibility index (Phi) is 9.51. The maximum atomic E-state index is 14.7. The van der Waals surface area contributed by atoms with Gasteiger partial charge in [0.15, 0.2) is 11.2 Å². The van der Waals surface area contributed by atoms with Gasteiger partial charge in [-0.05, 0) is 152 Å². The van der Waals surface area contributed by atoms with Gasteiger partial charge in [0.25, 0.3) is 0 Å². The van der Waals surface area contributed by atoms with E-state index in [0.29, 0.717) is 0 Å². The number of anilines is 6. The second-order valence-corrected chi connectivity index (χ2v) is 19.4. The van der Waals surface area contributed by atoms with Crippen LogP contribution in [0.15, 0.2) is 264 Å². The molecule has 0 atom stereocenters. The Bertz CT molecular complexity index is 4270. The van der Waals surface area contributed by atoms with E-state index >= 15 is 0 Å². The Morgan fingerprint density at radius 2 is 0.693 bits per heavy atom. The first-order chi connectivity index (χ1) is 37.0. The summed E-state index contributed by atoms with van der Waals surface area (Å²) in [5.74, 6) is -0.608. The van der Waals surface area contributed by atoms with Crippen LogP contribution in [0, 0.1) is 11.6 Å². The van der Waals surface area contributed by atoms with Crippen molar-refractivity contribution in [2.45, 2.75) is 5.41 Å². The number of hydrogen-bond donors (Lipinski definition) is 0. The molecule has 0 unspecified atom stereocenters. The SMILES string of the molecule is Fc1ccc(N(c2ccc3c4c(ccc3c2)-c2ccc3cc(N(c5ccc(F)cc5)c5cccc6c5oc5ccccc56)ccc3c2C4(c2ccccc2)c2ccccc2)c2cccc3c2oc2ccccc23)cc1. The van der Waals surface area contributed by atoms with Gasteiger partial charge in [0.05, 0.1) is 16.8 Å². The summed E-state index contributed by atoms with van der Waals surface area (Å²) in [7, 11) is 0. The molecule has 4 nitrogen and oxygen atoms in total. The predicted molar refractivity (Wildman–Crippen MR) is 303 cm³/mol. The lowest BCUT2D eigenvalue weighted by molar-refractivity contribution is 0.627. The highest BCUT2D eigenvalue weighted by molar-refractivity contribution is 6.13. The molecule has 0 radical (unpaired) electrons. The molecule has 0 N–H and O–H groups in total. The summed E-state index contributed by atoms with van der Waals surface area (Å²) in [5.41, 5.74) is 14.5. The van der Waals surface area contributed by atoms with Crippen LogP contribution in [-0.4, -0.2) is 0 Å². The monoisotopic (exact) mass is 968 g/mol. The third-order valence-corrected chi connectivity index (χ3v) is 15.4. The van der Waals surface area contributed by atoms with Gasteiger partial charge in [0.1, 0.15) is 22.8 Å². The lowest BCUT2D eigenvalue weighted by Gasteiger charge is -2.35. The van der Waals surface area contributed by atoms with Gasteiger partial charge in [-0.2, -0.15) is 0 Å². The summed E-state index contributed by atoms with van der Waals surface area (Å²) in [5, 5.41) is 8.44. The van der Waals surface area contributed by atoms with Crippen molar-refractivity contribution in [3.05, 3.63) is 289 Å². The maximum Gasteiger partial charge on any atom is 0.159 e. The molecule has 0 amide bonds. The van der Waals surface area contributed by atoms with Crippen LogP contribution in [0.4, 0.5) is 42.9 Å². The standard InChI is InChI=1S/C69H42F2N2O2/c70-47-27-31-49(32-28-47)72(61-21-11-19-59-55-17-7-9-23-63(55)74-67(59)61)51-35-39-53-43(41-51)25-37-57-58-38-26-44-42-52(36-40-54(44)66(58)69(65(53)57,45-13-3-1-4-14-45)46-15-5-2-6-16-46)73(50-33-29-48(71)30-34-50)62-22-12-20-60-56-18-8-10-24-64(56)75-68(60)62/h1-42H. The molecule has 0 spiro atoms. The first-order valence-corrected chi connectivity index (χ1v) is 25.2. The second kappa shape index (κ2) is 16.6. The number of furan rings is 2. The largest absolute Gasteiger partial charge is 0.454 e. The normalized spacial score (nSPS) is 12.8. The number of hydrogen-bond acceptors (Lipinski definition) is 4. The van der Waals surface area contributed by atoms with Crippen molar-refractivity contribution in [2.24, 2.45) is 0 Å². The van der Waals surface area contributed by atoms with Crippen molar-refractivity contribution in [1.29, 1.82) is 0 Å². The lowest BCUT2D eigenvalue weighted by atomic mass is 9.66. The third-order valence-electron chi connectivity index (χ3n) is 15.4. The minimum atomic E-state index is -0.762. The Labute approximate surface area is 430 Å². The summed E-state index contributed by atoms with van der Waals surface area (Å²) in [4.78, 5) is 4.34. The topological polar surface area (TPSA) is 32.8 Å². The number of fused-ring (bicyclic) bond motifs is 13. The molecule has 14 aromatic rings. The summed E-state index contributed by atoms with van der Waals surface area (Å²) < 4.78 is 42.6. The highest BCUT2D eigenvalue weighted by atomic mass is 19.1. The van der Waals surface area contributed by atoms with E-state index in [-0.39, 0.29) is 11.6 Å². The van der Waals surface area contributed by atoms with Gasteiger partial charge in [-0.15, -0.1) is 0 Å². The molecule has 2 heterocycles. The van der Waals surface area contributed by atoms with E-state index in [2.05, 4.69) is 180 Å². The predicted octanol–water partition coefficient (Wildman–Crippen LogP) is 19.4. The zero-order valence-corrected chi connectivity index (χ0v) is 40.2. The molecule has 354 valence electrons. The van der Waals surface area contributed by atoms with Gasteiger partial charge in [0.2, 0.25) is 0 Å². The van der Waals surface area contributed by atoms with Crippen molar-refractivity contribution in [3.8, 4) is 11.1 Å². The van der Waals surface area contributed by atoms with Crippen LogP contribution in [0.1, 0.15) is 22.3 Å². The molecule has 0 bridgehead atoms. The summed E-state index contributed by atoms with van der Waals surface area (Å²) in [6.07, 6.45) is 0. The Morgan fingerprint density at radius 1 is 0.307 bits per heavy atom. The summed E-state index contributed by atoms with van der Waals surface area (Å²) in [6.45, 7) is 0. The molecular weight excluding hydrogens is 927 g/mol. The lowest BCUT2D eigenvalue weighted by Crippen LogP contribution is -2.29. The molecule has 15 rings (SSSR count). The fourth-order valence-corrected chi connectivity index (χ4v) is 12.3. The second-order valence-electron chi connectivity index (χ2n) is 19.4. The number of rotatable bonds is 8. The average molecular weight is 969 g/mol. The van der Waals surface area contributed by atoms with Gasteiger partial charge in [-0.3, -0.25) is 0 Å². The zero-order chi connectivity index (χ0) is 49.8. The molecule has 1 aliphatic carbocycles. The van der Waals surface area contributed by atoms with Crippen molar-refractivity contribution >= 4 is 99.5 Å². The molecule has 75 heavy (non-hydrogen) atoms. The van der Waals surface area contributed by atoms with E-state index in [9.17, 15) is 8.78 Å². The van der Waals surface area contributed by atoms with Crippen molar-refractivity contribution in [3.63, 3.8) is 0 Å². The summed E-state index contributed by atoms with van der Waals surface area (Å²) >= 11 is 0. The van der Waals surface area contributed by atoms with Crippen molar-refractivity contribution in [2.75, 3.05) is 9.80 Å².